The van der Waals surface area contributed by atoms with Gasteiger partial charge in [0.25, 0.3) is 0 Å². The number of fused-ring (bicyclic) bond motifs is 2. The standard InChI is InChI=1S/C22H21FN2O3/c23-20-10-16(13-24)6-9-19(20)22(27)11-17-7-8-18(12-22)25(17)21(26)28-14-15-4-2-1-3-5-15/h1-6,9-10,17-18,27H,7-8,11-12,14H2. The zero-order chi connectivity index (χ0) is 19.7. The summed E-state index contributed by atoms with van der Waals surface area (Å²) in [5.74, 6) is -0.582. The number of carbonyl (C=O) groups excluding carboxylic acids is 1. The minimum atomic E-state index is -1.35. The molecule has 2 aliphatic heterocycles. The Morgan fingerprint density at radius 3 is 2.50 bits per heavy atom. The van der Waals surface area contributed by atoms with Gasteiger partial charge in [-0.25, -0.2) is 9.18 Å². The third-order valence-electron chi connectivity index (χ3n) is 5.78. The van der Waals surface area contributed by atoms with Crippen LogP contribution in [0.1, 0.15) is 42.4 Å². The van der Waals surface area contributed by atoms with E-state index in [2.05, 4.69) is 0 Å². The molecule has 0 spiro atoms. The number of hydrogen-bond donors (Lipinski definition) is 1. The molecule has 5 nitrogen and oxygen atoms in total. The van der Waals surface area contributed by atoms with Gasteiger partial charge in [-0.05, 0) is 30.5 Å². The molecule has 2 aromatic rings. The molecule has 2 bridgehead atoms. The van der Waals surface area contributed by atoms with E-state index >= 15 is 0 Å². The molecule has 2 unspecified atom stereocenters. The maximum atomic E-state index is 14.5. The van der Waals surface area contributed by atoms with Crippen LogP contribution in [-0.2, 0) is 16.9 Å². The van der Waals surface area contributed by atoms with Crippen molar-refractivity contribution in [2.75, 3.05) is 0 Å². The average molecular weight is 380 g/mol. The van der Waals surface area contributed by atoms with Crippen LogP contribution in [0.5, 0.6) is 0 Å². The Labute approximate surface area is 163 Å². The van der Waals surface area contributed by atoms with Gasteiger partial charge in [0, 0.05) is 30.5 Å². The second-order valence-corrected chi connectivity index (χ2v) is 7.58. The smallest absolute Gasteiger partial charge is 0.410 e. The van der Waals surface area contributed by atoms with Crippen LogP contribution in [0.3, 0.4) is 0 Å². The number of carbonyl (C=O) groups is 1. The Hall–Kier alpha value is -2.91. The van der Waals surface area contributed by atoms with Gasteiger partial charge in [-0.3, -0.25) is 0 Å². The Kier molecular flexibility index (Phi) is 4.78. The topological polar surface area (TPSA) is 73.6 Å². The van der Waals surface area contributed by atoms with Gasteiger partial charge in [-0.2, -0.15) is 5.26 Å². The van der Waals surface area contributed by atoms with Gasteiger partial charge in [-0.1, -0.05) is 36.4 Å². The molecule has 0 aromatic heterocycles. The lowest BCUT2D eigenvalue weighted by Gasteiger charge is -2.43. The zero-order valence-corrected chi connectivity index (χ0v) is 15.3. The number of ether oxygens (including phenoxy) is 1. The van der Waals surface area contributed by atoms with Crippen LogP contribution in [-0.4, -0.2) is 28.2 Å². The lowest BCUT2D eigenvalue weighted by molar-refractivity contribution is -0.0556. The lowest BCUT2D eigenvalue weighted by Crippen LogP contribution is -2.52. The van der Waals surface area contributed by atoms with E-state index in [9.17, 15) is 14.3 Å². The largest absolute Gasteiger partial charge is 0.445 e. The van der Waals surface area contributed by atoms with Crippen molar-refractivity contribution in [2.24, 2.45) is 0 Å². The highest BCUT2D eigenvalue weighted by molar-refractivity contribution is 5.69. The number of halogens is 1. The van der Waals surface area contributed by atoms with E-state index in [1.165, 1.54) is 12.1 Å². The highest BCUT2D eigenvalue weighted by Crippen LogP contribution is 2.46. The van der Waals surface area contributed by atoms with Crippen LogP contribution in [0.2, 0.25) is 0 Å². The molecule has 2 heterocycles. The van der Waals surface area contributed by atoms with Gasteiger partial charge in [-0.15, -0.1) is 0 Å². The normalized spacial score (nSPS) is 26.0. The van der Waals surface area contributed by atoms with E-state index < -0.39 is 17.5 Å². The molecule has 0 aliphatic carbocycles. The minimum Gasteiger partial charge on any atom is -0.445 e. The van der Waals surface area contributed by atoms with E-state index in [4.69, 9.17) is 10.00 Å². The molecule has 0 saturated carbocycles. The number of nitrogens with zero attached hydrogens (tertiary/aromatic N) is 2. The van der Waals surface area contributed by atoms with Crippen molar-refractivity contribution >= 4 is 6.09 Å². The van der Waals surface area contributed by atoms with Gasteiger partial charge < -0.3 is 14.7 Å². The Morgan fingerprint density at radius 1 is 1.21 bits per heavy atom. The summed E-state index contributed by atoms with van der Waals surface area (Å²) in [4.78, 5) is 14.3. The van der Waals surface area contributed by atoms with Crippen LogP contribution in [0.4, 0.5) is 9.18 Å². The predicted octanol–water partition coefficient (Wildman–Crippen LogP) is 3.85. The fraction of sp³-hybridized carbons (Fsp3) is 0.364. The number of benzene rings is 2. The van der Waals surface area contributed by atoms with Gasteiger partial charge in [0.15, 0.2) is 0 Å². The Balaban J connectivity index is 1.48. The molecule has 2 aromatic carbocycles. The van der Waals surface area contributed by atoms with Gasteiger partial charge in [0.05, 0.1) is 17.2 Å². The summed E-state index contributed by atoms with van der Waals surface area (Å²) in [5.41, 5.74) is -0.0214. The van der Waals surface area contributed by atoms with Gasteiger partial charge in [0.2, 0.25) is 0 Å². The summed E-state index contributed by atoms with van der Waals surface area (Å²) in [6.45, 7) is 0.199. The van der Waals surface area contributed by atoms with Crippen molar-refractivity contribution in [3.63, 3.8) is 0 Å². The maximum absolute atomic E-state index is 14.5. The SMILES string of the molecule is N#Cc1ccc(C2(O)CC3CCC(C2)N3C(=O)OCc2ccccc2)c(F)c1. The molecular weight excluding hydrogens is 359 g/mol. The summed E-state index contributed by atoms with van der Waals surface area (Å²) in [6.07, 6.45) is 1.63. The Bertz CT molecular complexity index is 911. The predicted molar refractivity (Wildman–Crippen MR) is 99.5 cm³/mol. The second kappa shape index (κ2) is 7.25. The van der Waals surface area contributed by atoms with Crippen molar-refractivity contribution in [3.05, 3.63) is 71.0 Å². The fourth-order valence-corrected chi connectivity index (χ4v) is 4.50. The van der Waals surface area contributed by atoms with Gasteiger partial charge in [0.1, 0.15) is 12.4 Å². The summed E-state index contributed by atoms with van der Waals surface area (Å²) < 4.78 is 20.0. The number of rotatable bonds is 3. The third kappa shape index (κ3) is 3.34. The average Bonchev–Trinajstić information content (AvgIpc) is 2.98. The quantitative estimate of drug-likeness (QED) is 0.878. The van der Waals surface area contributed by atoms with Gasteiger partial charge >= 0.3 is 6.09 Å². The van der Waals surface area contributed by atoms with E-state index in [1.54, 1.807) is 4.90 Å². The van der Waals surface area contributed by atoms with E-state index in [0.29, 0.717) is 0 Å². The first-order valence-electron chi connectivity index (χ1n) is 9.42. The molecule has 0 radical (unpaired) electrons. The van der Waals surface area contributed by atoms with E-state index in [1.807, 2.05) is 36.4 Å². The molecule has 2 saturated heterocycles. The molecule has 28 heavy (non-hydrogen) atoms. The summed E-state index contributed by atoms with van der Waals surface area (Å²) in [7, 11) is 0. The summed E-state index contributed by atoms with van der Waals surface area (Å²) in [6, 6.07) is 15.1. The monoisotopic (exact) mass is 380 g/mol. The molecule has 1 N–H and O–H groups in total. The summed E-state index contributed by atoms with van der Waals surface area (Å²) in [5, 5.41) is 20.1. The molecule has 2 atom stereocenters. The first kappa shape index (κ1) is 18.5. The van der Waals surface area contributed by atoms with Crippen LogP contribution < -0.4 is 0 Å². The molecule has 2 aliphatic rings. The van der Waals surface area contributed by atoms with E-state index in [0.717, 1.165) is 24.5 Å². The first-order chi connectivity index (χ1) is 13.5. The van der Waals surface area contributed by atoms with Crippen LogP contribution in [0.25, 0.3) is 0 Å². The summed E-state index contributed by atoms with van der Waals surface area (Å²) >= 11 is 0. The third-order valence-corrected chi connectivity index (χ3v) is 5.78. The molecule has 144 valence electrons. The molecule has 1 amide bonds. The van der Waals surface area contributed by atoms with Crippen molar-refractivity contribution in [3.8, 4) is 6.07 Å². The molecule has 2 fully saturated rings. The van der Waals surface area contributed by atoms with Crippen LogP contribution in [0, 0.1) is 17.1 Å². The number of aliphatic hydroxyl groups is 1. The van der Waals surface area contributed by atoms with Crippen LogP contribution >= 0.6 is 0 Å². The van der Waals surface area contributed by atoms with Crippen molar-refractivity contribution in [2.45, 2.75) is 50.0 Å². The number of piperidine rings is 1. The van der Waals surface area contributed by atoms with E-state index in [-0.39, 0.29) is 42.7 Å². The fourth-order valence-electron chi connectivity index (χ4n) is 4.50. The molecular formula is C22H21FN2O3. The lowest BCUT2D eigenvalue weighted by atomic mass is 9.80. The number of amides is 1. The molecule has 6 heteroatoms. The van der Waals surface area contributed by atoms with Crippen molar-refractivity contribution in [1.29, 1.82) is 5.26 Å². The van der Waals surface area contributed by atoms with Crippen molar-refractivity contribution < 1.29 is 19.0 Å². The Morgan fingerprint density at radius 2 is 1.89 bits per heavy atom. The highest BCUT2D eigenvalue weighted by Gasteiger charge is 2.51. The minimum absolute atomic E-state index is 0.193. The number of nitriles is 1. The number of hydrogen-bond acceptors (Lipinski definition) is 4. The second-order valence-electron chi connectivity index (χ2n) is 7.58. The zero-order valence-electron chi connectivity index (χ0n) is 15.3. The first-order valence-corrected chi connectivity index (χ1v) is 9.42. The highest BCUT2D eigenvalue weighted by atomic mass is 19.1. The molecule has 4 rings (SSSR count). The maximum Gasteiger partial charge on any atom is 0.410 e. The van der Waals surface area contributed by atoms with Crippen molar-refractivity contribution in [1.82, 2.24) is 4.90 Å². The van der Waals surface area contributed by atoms with Crippen LogP contribution in [0.15, 0.2) is 48.5 Å².